The third-order valence-electron chi connectivity index (χ3n) is 11.8. The van der Waals surface area contributed by atoms with Gasteiger partial charge in [0.1, 0.15) is 0 Å². The lowest BCUT2D eigenvalue weighted by Crippen LogP contribution is -2.00. The van der Waals surface area contributed by atoms with E-state index < -0.39 is 0 Å². The van der Waals surface area contributed by atoms with E-state index in [0.29, 0.717) is 17.5 Å². The van der Waals surface area contributed by atoms with Crippen LogP contribution in [0, 0.1) is 0 Å². The van der Waals surface area contributed by atoms with E-state index in [9.17, 15) is 0 Å². The predicted molar refractivity (Wildman–Crippen MR) is 246 cm³/mol. The molecule has 0 saturated heterocycles. The maximum Gasteiger partial charge on any atom is 0.164 e. The normalized spacial score (nSPS) is 11.7. The molecule has 0 spiro atoms. The minimum Gasteiger partial charge on any atom is -0.309 e. The summed E-state index contributed by atoms with van der Waals surface area (Å²) in [6.45, 7) is 0. The second kappa shape index (κ2) is 13.3. The van der Waals surface area contributed by atoms with Crippen molar-refractivity contribution in [2.75, 3.05) is 0 Å². The van der Waals surface area contributed by atoms with E-state index in [1.54, 1.807) is 0 Å². The van der Waals surface area contributed by atoms with Crippen molar-refractivity contribution in [3.63, 3.8) is 0 Å². The first-order valence-electron chi connectivity index (χ1n) is 20.0. The molecule has 10 aromatic carbocycles. The van der Waals surface area contributed by atoms with E-state index in [0.717, 1.165) is 27.5 Å². The molecule has 0 N–H and O–H groups in total. The second-order valence-electron chi connectivity index (χ2n) is 15.1. The Bertz CT molecular complexity index is 3460. The Morgan fingerprint density at radius 3 is 1.24 bits per heavy atom. The van der Waals surface area contributed by atoms with Crippen LogP contribution in [0.4, 0.5) is 0 Å². The predicted octanol–water partition coefficient (Wildman–Crippen LogP) is 14.2. The fourth-order valence-corrected chi connectivity index (χ4v) is 9.28. The van der Waals surface area contributed by atoms with Crippen molar-refractivity contribution in [3.05, 3.63) is 206 Å². The van der Waals surface area contributed by atoms with Crippen molar-refractivity contribution in [2.24, 2.45) is 0 Å². The Morgan fingerprint density at radius 1 is 0.254 bits per heavy atom. The van der Waals surface area contributed by atoms with Crippen molar-refractivity contribution < 1.29 is 0 Å². The molecule has 0 aliphatic rings. The van der Waals surface area contributed by atoms with Gasteiger partial charge in [0.25, 0.3) is 0 Å². The second-order valence-corrected chi connectivity index (χ2v) is 15.1. The Balaban J connectivity index is 1.11. The summed E-state index contributed by atoms with van der Waals surface area (Å²) in [6.07, 6.45) is 0. The topological polar surface area (TPSA) is 43.6 Å². The number of hydrogen-bond acceptors (Lipinski definition) is 3. The van der Waals surface area contributed by atoms with Gasteiger partial charge >= 0.3 is 0 Å². The molecule has 0 radical (unpaired) electrons. The molecule has 274 valence electrons. The maximum atomic E-state index is 5.12. The van der Waals surface area contributed by atoms with Crippen molar-refractivity contribution in [1.29, 1.82) is 0 Å². The summed E-state index contributed by atoms with van der Waals surface area (Å²) in [4.78, 5) is 15.2. The first kappa shape index (κ1) is 33.2. The van der Waals surface area contributed by atoms with Gasteiger partial charge in [0.15, 0.2) is 17.5 Å². The van der Waals surface area contributed by atoms with Crippen LogP contribution in [-0.4, -0.2) is 19.5 Å². The molecule has 0 aliphatic heterocycles. The Labute approximate surface area is 340 Å². The Kier molecular flexibility index (Phi) is 7.50. The van der Waals surface area contributed by atoms with Gasteiger partial charge in [-0.1, -0.05) is 182 Å². The maximum absolute atomic E-state index is 5.12. The molecular formula is C55H34N4. The molecule has 4 heteroatoms. The van der Waals surface area contributed by atoms with Crippen LogP contribution in [0.25, 0.3) is 116 Å². The van der Waals surface area contributed by atoms with Gasteiger partial charge < -0.3 is 4.57 Å². The number of benzene rings is 10. The molecule has 0 atom stereocenters. The molecule has 59 heavy (non-hydrogen) atoms. The minimum atomic E-state index is 0.646. The number of hydrogen-bond donors (Lipinski definition) is 0. The first-order valence-corrected chi connectivity index (χ1v) is 20.0. The zero-order chi connectivity index (χ0) is 38.9. The Hall–Kier alpha value is -7.95. The van der Waals surface area contributed by atoms with Crippen LogP contribution in [-0.2, 0) is 0 Å². The smallest absolute Gasteiger partial charge is 0.164 e. The standard InChI is InChI=1S/C55H34N4/c1-3-17-35(18-4-1)53-56-54(36-19-5-2-6-20-36)58-55(57-53)47-34-33-39(37-21-7-8-22-38(37)47)42-27-15-28-44-46-29-16-32-50(52(46)45-26-10-9-25-43(45)51(42)44)59-48-30-13-11-23-40(48)41-24-12-14-31-49(41)59/h1-34H. The molecule has 2 heterocycles. The quantitative estimate of drug-likeness (QED) is 0.165. The van der Waals surface area contributed by atoms with E-state index in [1.807, 2.05) is 36.4 Å². The van der Waals surface area contributed by atoms with Gasteiger partial charge in [0, 0.05) is 32.8 Å². The molecule has 0 fully saturated rings. The van der Waals surface area contributed by atoms with Crippen LogP contribution in [0.2, 0.25) is 0 Å². The minimum absolute atomic E-state index is 0.646. The van der Waals surface area contributed by atoms with Gasteiger partial charge in [-0.2, -0.15) is 0 Å². The third-order valence-corrected chi connectivity index (χ3v) is 11.8. The van der Waals surface area contributed by atoms with Crippen LogP contribution in [0.1, 0.15) is 0 Å². The highest BCUT2D eigenvalue weighted by Crippen LogP contribution is 2.45. The zero-order valence-electron chi connectivity index (χ0n) is 31.9. The molecular weight excluding hydrogens is 717 g/mol. The van der Waals surface area contributed by atoms with Gasteiger partial charge in [-0.15, -0.1) is 0 Å². The van der Waals surface area contributed by atoms with E-state index >= 15 is 0 Å². The lowest BCUT2D eigenvalue weighted by molar-refractivity contribution is 1.08. The van der Waals surface area contributed by atoms with E-state index in [1.165, 1.54) is 70.9 Å². The fourth-order valence-electron chi connectivity index (χ4n) is 9.28. The third kappa shape index (κ3) is 5.20. The fraction of sp³-hybridized carbons (Fsp3) is 0. The summed E-state index contributed by atoms with van der Waals surface area (Å²) in [5.41, 5.74) is 8.81. The van der Waals surface area contributed by atoms with E-state index in [4.69, 9.17) is 15.0 Å². The average Bonchev–Trinajstić information content (AvgIpc) is 3.65. The Morgan fingerprint density at radius 2 is 0.661 bits per heavy atom. The summed E-state index contributed by atoms with van der Waals surface area (Å²) in [6, 6.07) is 73.4. The van der Waals surface area contributed by atoms with Crippen LogP contribution < -0.4 is 0 Å². The molecule has 2 aromatic heterocycles. The summed E-state index contributed by atoms with van der Waals surface area (Å²) in [7, 11) is 0. The van der Waals surface area contributed by atoms with Gasteiger partial charge in [-0.25, -0.2) is 15.0 Å². The number of nitrogens with zero attached hydrogens (tertiary/aromatic N) is 4. The van der Waals surface area contributed by atoms with E-state index in [-0.39, 0.29) is 0 Å². The largest absolute Gasteiger partial charge is 0.309 e. The highest BCUT2D eigenvalue weighted by molar-refractivity contribution is 6.31. The SMILES string of the molecule is c1ccc(-c2nc(-c3ccccc3)nc(-c3ccc(-c4cccc5c6cccc(-n7c8ccccc8c8ccccc87)c6c6ccccc6c45)c4ccccc34)n2)cc1. The molecule has 0 unspecified atom stereocenters. The number of rotatable bonds is 5. The molecule has 0 aliphatic carbocycles. The lowest BCUT2D eigenvalue weighted by Gasteiger charge is -2.19. The van der Waals surface area contributed by atoms with Crippen LogP contribution in [0.5, 0.6) is 0 Å². The van der Waals surface area contributed by atoms with Crippen LogP contribution in [0.3, 0.4) is 0 Å². The highest BCUT2D eigenvalue weighted by Gasteiger charge is 2.21. The average molecular weight is 751 g/mol. The van der Waals surface area contributed by atoms with Crippen molar-refractivity contribution in [3.8, 4) is 51.0 Å². The first-order chi connectivity index (χ1) is 29.3. The highest BCUT2D eigenvalue weighted by atomic mass is 15.0. The monoisotopic (exact) mass is 750 g/mol. The van der Waals surface area contributed by atoms with Gasteiger partial charge in [0.2, 0.25) is 0 Å². The molecule has 12 rings (SSSR count). The molecule has 0 amide bonds. The van der Waals surface area contributed by atoms with Gasteiger partial charge in [0.05, 0.1) is 16.7 Å². The molecule has 0 saturated carbocycles. The molecule has 12 aromatic rings. The summed E-state index contributed by atoms with van der Waals surface area (Å²) >= 11 is 0. The zero-order valence-corrected chi connectivity index (χ0v) is 31.9. The van der Waals surface area contributed by atoms with Crippen molar-refractivity contribution in [2.45, 2.75) is 0 Å². The van der Waals surface area contributed by atoms with Gasteiger partial charge in [-0.05, 0) is 73.1 Å². The van der Waals surface area contributed by atoms with Crippen LogP contribution >= 0.6 is 0 Å². The summed E-state index contributed by atoms with van der Waals surface area (Å²) < 4.78 is 2.45. The molecule has 4 nitrogen and oxygen atoms in total. The number of fused-ring (bicyclic) bond motifs is 10. The summed E-state index contributed by atoms with van der Waals surface area (Å²) in [5.74, 6) is 1.94. The number of para-hydroxylation sites is 2. The number of aromatic nitrogens is 4. The molecule has 0 bridgehead atoms. The van der Waals surface area contributed by atoms with Gasteiger partial charge in [-0.3, -0.25) is 0 Å². The summed E-state index contributed by atoms with van der Waals surface area (Å²) in [5, 5.41) is 12.1. The lowest BCUT2D eigenvalue weighted by atomic mass is 9.87. The van der Waals surface area contributed by atoms with Crippen molar-refractivity contribution in [1.82, 2.24) is 19.5 Å². The van der Waals surface area contributed by atoms with Crippen molar-refractivity contribution >= 4 is 64.9 Å². The van der Waals surface area contributed by atoms with Crippen LogP contribution in [0.15, 0.2) is 206 Å². The van der Waals surface area contributed by atoms with E-state index in [2.05, 4.69) is 174 Å².